The maximum atomic E-state index is 13.0. The molecule has 0 saturated carbocycles. The Morgan fingerprint density at radius 3 is 1.52 bits per heavy atom. The van der Waals surface area contributed by atoms with Crippen LogP contribution in [0.3, 0.4) is 0 Å². The summed E-state index contributed by atoms with van der Waals surface area (Å²) >= 11 is 0. The molecule has 2 aliphatic heterocycles. The van der Waals surface area contributed by atoms with Crippen LogP contribution in [0.1, 0.15) is 168 Å². The van der Waals surface area contributed by atoms with Crippen molar-refractivity contribution in [2.45, 2.75) is 235 Å². The number of hydrogen-bond acceptors (Lipinski definition) is 14. The standard InChI is InChI=1S/C51H90O14/c1-3-5-7-9-11-13-15-17-19-20-21-23-25-27-29-31-33-35-60-37-40(63-43(53)34-32-30-28-26-24-22-18-16-14-12-10-8-6-4-2)38-61-50-49(59)47(57)45(55)42(65-50)39-62-51-48(58)46(56)44(54)41(36-52)64-51/h10,12-13,15-16,18-20,40-42,44-52,54-59H,3-9,11,14,17,21-39H2,1-2H3/b12-10-,15-13-,18-16-,20-19-. The van der Waals surface area contributed by atoms with Crippen LogP contribution < -0.4 is 0 Å². The van der Waals surface area contributed by atoms with E-state index in [1.54, 1.807) is 0 Å². The summed E-state index contributed by atoms with van der Waals surface area (Å²) in [4.78, 5) is 13.0. The number of rotatable bonds is 39. The number of aliphatic hydroxyl groups excluding tert-OH is 7. The van der Waals surface area contributed by atoms with Crippen molar-refractivity contribution in [3.8, 4) is 0 Å². The molecule has 0 spiro atoms. The third kappa shape index (κ3) is 26.9. The Kier molecular flexibility index (Phi) is 35.3. The first-order valence-electron chi connectivity index (χ1n) is 25.2. The lowest BCUT2D eigenvalue weighted by atomic mass is 9.98. The summed E-state index contributed by atoms with van der Waals surface area (Å²) in [5.41, 5.74) is 0. The van der Waals surface area contributed by atoms with Gasteiger partial charge in [0, 0.05) is 13.0 Å². The van der Waals surface area contributed by atoms with Crippen LogP contribution in [0.25, 0.3) is 0 Å². The molecule has 0 radical (unpaired) electrons. The molecule has 0 aromatic carbocycles. The van der Waals surface area contributed by atoms with Gasteiger partial charge >= 0.3 is 5.97 Å². The Labute approximate surface area is 391 Å². The fourth-order valence-corrected chi connectivity index (χ4v) is 7.62. The first-order chi connectivity index (χ1) is 31.6. The number of ether oxygens (including phenoxy) is 6. The van der Waals surface area contributed by atoms with Crippen LogP contribution in [0.5, 0.6) is 0 Å². The van der Waals surface area contributed by atoms with E-state index in [-0.39, 0.29) is 19.6 Å². The molecule has 2 aliphatic rings. The number of esters is 1. The number of carbonyl (C=O) groups excluding carboxylic acids is 1. The van der Waals surface area contributed by atoms with Gasteiger partial charge < -0.3 is 64.2 Å². The first-order valence-corrected chi connectivity index (χ1v) is 25.2. The lowest BCUT2D eigenvalue weighted by molar-refractivity contribution is -0.332. The van der Waals surface area contributed by atoms with E-state index < -0.39 is 86.7 Å². The van der Waals surface area contributed by atoms with Gasteiger partial charge in [-0.25, -0.2) is 0 Å². The van der Waals surface area contributed by atoms with Gasteiger partial charge in [0.2, 0.25) is 0 Å². The van der Waals surface area contributed by atoms with E-state index in [2.05, 4.69) is 62.5 Å². The van der Waals surface area contributed by atoms with Crippen molar-refractivity contribution < 1.29 is 69.0 Å². The molecule has 11 unspecified atom stereocenters. The van der Waals surface area contributed by atoms with E-state index in [4.69, 9.17) is 28.4 Å². The van der Waals surface area contributed by atoms with Gasteiger partial charge in [-0.2, -0.15) is 0 Å². The average Bonchev–Trinajstić information content (AvgIpc) is 3.30. The Balaban J connectivity index is 1.79. The maximum Gasteiger partial charge on any atom is 0.306 e. The van der Waals surface area contributed by atoms with Crippen LogP contribution >= 0.6 is 0 Å². The summed E-state index contributed by atoms with van der Waals surface area (Å²) < 4.78 is 34.2. The number of allylic oxidation sites excluding steroid dienone is 8. The predicted octanol–water partition coefficient (Wildman–Crippen LogP) is 7.18. The number of aliphatic hydroxyl groups is 7. The van der Waals surface area contributed by atoms with Crippen molar-refractivity contribution in [2.75, 3.05) is 33.0 Å². The highest BCUT2D eigenvalue weighted by Crippen LogP contribution is 2.26. The third-order valence-electron chi connectivity index (χ3n) is 11.8. The normalized spacial score (nSPS) is 26.9. The molecule has 11 atom stereocenters. The highest BCUT2D eigenvalue weighted by atomic mass is 16.7. The first kappa shape index (κ1) is 59.1. The third-order valence-corrected chi connectivity index (χ3v) is 11.8. The molecule has 2 saturated heterocycles. The molecule has 0 aliphatic carbocycles. The molecule has 2 fully saturated rings. The number of hydrogen-bond donors (Lipinski definition) is 7. The van der Waals surface area contributed by atoms with Gasteiger partial charge in [0.15, 0.2) is 12.6 Å². The van der Waals surface area contributed by atoms with Crippen molar-refractivity contribution >= 4 is 5.97 Å². The van der Waals surface area contributed by atoms with Gasteiger partial charge in [-0.15, -0.1) is 0 Å². The zero-order valence-electron chi connectivity index (χ0n) is 40.0. The van der Waals surface area contributed by atoms with Crippen LogP contribution in [0.15, 0.2) is 48.6 Å². The van der Waals surface area contributed by atoms with Crippen molar-refractivity contribution in [3.05, 3.63) is 48.6 Å². The maximum absolute atomic E-state index is 13.0. The highest BCUT2D eigenvalue weighted by molar-refractivity contribution is 5.69. The van der Waals surface area contributed by atoms with Crippen LogP contribution in [-0.4, -0.2) is 142 Å². The van der Waals surface area contributed by atoms with Crippen molar-refractivity contribution in [3.63, 3.8) is 0 Å². The van der Waals surface area contributed by atoms with Crippen LogP contribution in [0.2, 0.25) is 0 Å². The second-order valence-corrected chi connectivity index (χ2v) is 17.6. The molecule has 14 heteroatoms. The molecule has 14 nitrogen and oxygen atoms in total. The summed E-state index contributed by atoms with van der Waals surface area (Å²) in [6.07, 6.45) is 27.4. The Bertz CT molecular complexity index is 1260. The lowest BCUT2D eigenvalue weighted by Crippen LogP contribution is -2.61. The predicted molar refractivity (Wildman–Crippen MR) is 252 cm³/mol. The SMILES string of the molecule is CCCC/C=C\C/C=C\CCCCCCCC(=O)OC(COCCCCCCCC/C=C\C/C=C\CCCCCC)COC1OC(COC2OC(CO)C(O)C(O)C2O)C(O)C(O)C1O. The van der Waals surface area contributed by atoms with E-state index in [0.29, 0.717) is 13.0 Å². The van der Waals surface area contributed by atoms with Gasteiger partial charge in [-0.1, -0.05) is 140 Å². The highest BCUT2D eigenvalue weighted by Gasteiger charge is 2.47. The van der Waals surface area contributed by atoms with Gasteiger partial charge in [0.05, 0.1) is 26.4 Å². The topological polar surface area (TPSA) is 214 Å². The largest absolute Gasteiger partial charge is 0.457 e. The van der Waals surface area contributed by atoms with Crippen molar-refractivity contribution in [2.24, 2.45) is 0 Å². The van der Waals surface area contributed by atoms with Gasteiger partial charge in [-0.3, -0.25) is 4.79 Å². The van der Waals surface area contributed by atoms with E-state index in [1.165, 1.54) is 57.8 Å². The monoisotopic (exact) mass is 927 g/mol. The minimum absolute atomic E-state index is 0.0474. The number of unbranched alkanes of at least 4 members (excludes halogenated alkanes) is 17. The van der Waals surface area contributed by atoms with Crippen LogP contribution in [-0.2, 0) is 33.2 Å². The average molecular weight is 927 g/mol. The Hall–Kier alpha value is -2.05. The zero-order chi connectivity index (χ0) is 47.3. The molecule has 0 aromatic rings. The smallest absolute Gasteiger partial charge is 0.306 e. The number of carbonyl (C=O) groups is 1. The van der Waals surface area contributed by atoms with E-state index in [0.717, 1.165) is 83.5 Å². The lowest BCUT2D eigenvalue weighted by Gasteiger charge is -2.42. The molecule has 0 bridgehead atoms. The molecule has 7 N–H and O–H groups in total. The van der Waals surface area contributed by atoms with Crippen LogP contribution in [0, 0.1) is 0 Å². The van der Waals surface area contributed by atoms with Gasteiger partial charge in [0.25, 0.3) is 0 Å². The van der Waals surface area contributed by atoms with E-state index in [9.17, 15) is 40.5 Å². The van der Waals surface area contributed by atoms with E-state index >= 15 is 0 Å². The fraction of sp³-hybridized carbons (Fsp3) is 0.824. The van der Waals surface area contributed by atoms with Gasteiger partial charge in [-0.05, 0) is 70.6 Å². The van der Waals surface area contributed by atoms with E-state index in [1.807, 2.05) is 0 Å². The summed E-state index contributed by atoms with van der Waals surface area (Å²) in [5.74, 6) is -0.396. The van der Waals surface area contributed by atoms with Crippen molar-refractivity contribution in [1.29, 1.82) is 0 Å². The molecule has 0 amide bonds. The second kappa shape index (κ2) is 38.9. The molecule has 65 heavy (non-hydrogen) atoms. The van der Waals surface area contributed by atoms with Crippen molar-refractivity contribution in [1.82, 2.24) is 0 Å². The Morgan fingerprint density at radius 2 is 0.969 bits per heavy atom. The zero-order valence-corrected chi connectivity index (χ0v) is 40.0. The minimum Gasteiger partial charge on any atom is -0.457 e. The molecule has 2 heterocycles. The fourth-order valence-electron chi connectivity index (χ4n) is 7.62. The molecule has 2 rings (SSSR count). The second-order valence-electron chi connectivity index (χ2n) is 17.6. The molecular weight excluding hydrogens is 837 g/mol. The minimum atomic E-state index is -1.71. The summed E-state index contributed by atoms with van der Waals surface area (Å²) in [6.45, 7) is 3.57. The van der Waals surface area contributed by atoms with Gasteiger partial charge in [0.1, 0.15) is 54.9 Å². The Morgan fingerprint density at radius 1 is 0.508 bits per heavy atom. The molecule has 0 aromatic heterocycles. The van der Waals surface area contributed by atoms with Crippen LogP contribution in [0.4, 0.5) is 0 Å². The summed E-state index contributed by atoms with van der Waals surface area (Å²) in [5, 5.41) is 72.1. The summed E-state index contributed by atoms with van der Waals surface area (Å²) in [7, 11) is 0. The summed E-state index contributed by atoms with van der Waals surface area (Å²) in [6, 6.07) is 0. The molecular formula is C51H90O14. The molecule has 378 valence electrons. The quantitative estimate of drug-likeness (QED) is 0.0185.